The zero-order valence-electron chi connectivity index (χ0n) is 20.2. The lowest BCUT2D eigenvalue weighted by Crippen LogP contribution is -2.51. The SMILES string of the molecule is CCCNC(=O)[C@H](Cc1ccccc1)N(Cc1ccc(Br)cc1)C(=O)Cc1ccc(C)c(C)c1. The Morgan fingerprint density at radius 3 is 2.21 bits per heavy atom. The maximum atomic E-state index is 13.7. The van der Waals surface area contributed by atoms with Gasteiger partial charge in [0.15, 0.2) is 0 Å². The highest BCUT2D eigenvalue weighted by Crippen LogP contribution is 2.19. The summed E-state index contributed by atoms with van der Waals surface area (Å²) in [6.07, 6.45) is 1.56. The molecule has 0 saturated carbocycles. The van der Waals surface area contributed by atoms with E-state index in [1.807, 2.05) is 73.7 Å². The lowest BCUT2D eigenvalue weighted by Gasteiger charge is -2.32. The molecule has 3 rings (SSSR count). The highest BCUT2D eigenvalue weighted by molar-refractivity contribution is 9.10. The van der Waals surface area contributed by atoms with Gasteiger partial charge in [-0.1, -0.05) is 83.5 Å². The average molecular weight is 521 g/mol. The monoisotopic (exact) mass is 520 g/mol. The number of rotatable bonds is 10. The summed E-state index contributed by atoms with van der Waals surface area (Å²) in [4.78, 5) is 28.8. The lowest BCUT2D eigenvalue weighted by atomic mass is 10.00. The third-order valence-corrected chi connectivity index (χ3v) is 6.54. The summed E-state index contributed by atoms with van der Waals surface area (Å²) in [7, 11) is 0. The Bertz CT molecular complexity index is 1100. The van der Waals surface area contributed by atoms with Gasteiger partial charge >= 0.3 is 0 Å². The highest BCUT2D eigenvalue weighted by atomic mass is 79.9. The minimum Gasteiger partial charge on any atom is -0.354 e. The summed E-state index contributed by atoms with van der Waals surface area (Å²) >= 11 is 3.48. The molecule has 0 aliphatic heterocycles. The summed E-state index contributed by atoms with van der Waals surface area (Å²) in [6, 6.07) is 23.3. The molecule has 4 nitrogen and oxygen atoms in total. The molecule has 5 heteroatoms. The second kappa shape index (κ2) is 12.5. The molecule has 0 bridgehead atoms. The lowest BCUT2D eigenvalue weighted by molar-refractivity contribution is -0.140. The van der Waals surface area contributed by atoms with E-state index in [1.165, 1.54) is 5.56 Å². The predicted molar refractivity (Wildman–Crippen MR) is 142 cm³/mol. The number of carbonyl (C=O) groups is 2. The maximum Gasteiger partial charge on any atom is 0.243 e. The molecule has 0 aliphatic rings. The average Bonchev–Trinajstić information content (AvgIpc) is 2.84. The van der Waals surface area contributed by atoms with Crippen LogP contribution in [-0.4, -0.2) is 29.3 Å². The van der Waals surface area contributed by atoms with Gasteiger partial charge in [0.05, 0.1) is 6.42 Å². The first kappa shape index (κ1) is 25.7. The summed E-state index contributed by atoms with van der Waals surface area (Å²) in [6.45, 7) is 7.10. The fraction of sp³-hybridized carbons (Fsp3) is 0.310. The topological polar surface area (TPSA) is 49.4 Å². The van der Waals surface area contributed by atoms with E-state index in [0.717, 1.165) is 33.1 Å². The summed E-state index contributed by atoms with van der Waals surface area (Å²) < 4.78 is 0.978. The van der Waals surface area contributed by atoms with Gasteiger partial charge in [0.2, 0.25) is 11.8 Å². The number of carbonyl (C=O) groups excluding carboxylic acids is 2. The first-order chi connectivity index (χ1) is 16.4. The fourth-order valence-corrected chi connectivity index (χ4v) is 4.16. The molecule has 0 aliphatic carbocycles. The third kappa shape index (κ3) is 7.29. The minimum absolute atomic E-state index is 0.0567. The normalized spacial score (nSPS) is 11.6. The van der Waals surface area contributed by atoms with Crippen LogP contribution in [0.3, 0.4) is 0 Å². The Hall–Kier alpha value is -2.92. The van der Waals surface area contributed by atoms with Crippen molar-refractivity contribution in [2.24, 2.45) is 0 Å². The Balaban J connectivity index is 1.95. The van der Waals surface area contributed by atoms with Crippen LogP contribution in [0.25, 0.3) is 0 Å². The molecule has 0 fully saturated rings. The molecule has 3 aromatic rings. The molecule has 0 spiro atoms. The molecule has 0 heterocycles. The quantitative estimate of drug-likeness (QED) is 0.368. The first-order valence-corrected chi connectivity index (χ1v) is 12.6. The van der Waals surface area contributed by atoms with Crippen LogP contribution in [0.1, 0.15) is 41.2 Å². The number of benzene rings is 3. The number of halogens is 1. The van der Waals surface area contributed by atoms with Crippen LogP contribution in [0.4, 0.5) is 0 Å². The second-order valence-electron chi connectivity index (χ2n) is 8.74. The van der Waals surface area contributed by atoms with Gasteiger partial charge in [0.25, 0.3) is 0 Å². The van der Waals surface area contributed by atoms with Crippen molar-refractivity contribution in [1.82, 2.24) is 10.2 Å². The molecule has 34 heavy (non-hydrogen) atoms. The van der Waals surface area contributed by atoms with E-state index in [2.05, 4.69) is 41.2 Å². The molecule has 2 amide bonds. The molecule has 1 N–H and O–H groups in total. The zero-order valence-corrected chi connectivity index (χ0v) is 21.8. The van der Waals surface area contributed by atoms with Crippen LogP contribution >= 0.6 is 15.9 Å². The number of aryl methyl sites for hydroxylation is 2. The van der Waals surface area contributed by atoms with Gasteiger partial charge in [0.1, 0.15) is 6.04 Å². The van der Waals surface area contributed by atoms with Gasteiger partial charge in [-0.2, -0.15) is 0 Å². The van der Waals surface area contributed by atoms with Crippen molar-refractivity contribution in [3.05, 3.63) is 105 Å². The minimum atomic E-state index is -0.600. The van der Waals surface area contributed by atoms with Crippen LogP contribution in [-0.2, 0) is 29.0 Å². The Morgan fingerprint density at radius 2 is 1.56 bits per heavy atom. The van der Waals surface area contributed by atoms with E-state index < -0.39 is 6.04 Å². The zero-order chi connectivity index (χ0) is 24.5. The van der Waals surface area contributed by atoms with Crippen LogP contribution in [0.2, 0.25) is 0 Å². The Labute approximate surface area is 211 Å². The number of amides is 2. The van der Waals surface area contributed by atoms with Crippen molar-refractivity contribution in [3.63, 3.8) is 0 Å². The summed E-state index contributed by atoms with van der Waals surface area (Å²) in [5, 5.41) is 3.02. The molecule has 3 aromatic carbocycles. The van der Waals surface area contributed by atoms with Gasteiger partial charge in [-0.15, -0.1) is 0 Å². The third-order valence-electron chi connectivity index (χ3n) is 6.01. The van der Waals surface area contributed by atoms with Gasteiger partial charge in [0, 0.05) is 24.0 Å². The number of nitrogens with one attached hydrogen (secondary N) is 1. The molecule has 0 aromatic heterocycles. The van der Waals surface area contributed by atoms with Crippen molar-refractivity contribution in [3.8, 4) is 0 Å². The fourth-order valence-electron chi connectivity index (χ4n) is 3.90. The largest absolute Gasteiger partial charge is 0.354 e. The molecule has 1 atom stereocenters. The predicted octanol–water partition coefficient (Wildman–Crippen LogP) is 5.77. The van der Waals surface area contributed by atoms with Crippen LogP contribution in [0, 0.1) is 13.8 Å². The van der Waals surface area contributed by atoms with Crippen molar-refractivity contribution in [2.45, 2.75) is 52.6 Å². The van der Waals surface area contributed by atoms with Gasteiger partial charge in [-0.25, -0.2) is 0 Å². The van der Waals surface area contributed by atoms with Crippen LogP contribution in [0.15, 0.2) is 77.3 Å². The molecule has 178 valence electrons. The number of hydrogen-bond donors (Lipinski definition) is 1. The molecular weight excluding hydrogens is 488 g/mol. The second-order valence-corrected chi connectivity index (χ2v) is 9.66. The van der Waals surface area contributed by atoms with Crippen molar-refractivity contribution < 1.29 is 9.59 Å². The number of hydrogen-bond acceptors (Lipinski definition) is 2. The Morgan fingerprint density at radius 1 is 0.882 bits per heavy atom. The van der Waals surface area contributed by atoms with E-state index in [4.69, 9.17) is 0 Å². The van der Waals surface area contributed by atoms with Gasteiger partial charge in [-0.3, -0.25) is 9.59 Å². The maximum absolute atomic E-state index is 13.7. The van der Waals surface area contributed by atoms with Crippen molar-refractivity contribution in [2.75, 3.05) is 6.54 Å². The summed E-state index contributed by atoms with van der Waals surface area (Å²) in [5.74, 6) is -0.171. The molecular formula is C29H33BrN2O2. The molecule has 0 unspecified atom stereocenters. The van der Waals surface area contributed by atoms with Crippen LogP contribution in [0.5, 0.6) is 0 Å². The molecule has 0 saturated heterocycles. The highest BCUT2D eigenvalue weighted by Gasteiger charge is 2.30. The van der Waals surface area contributed by atoms with E-state index in [9.17, 15) is 9.59 Å². The molecule has 0 radical (unpaired) electrons. The Kier molecular flexibility index (Phi) is 9.46. The summed E-state index contributed by atoms with van der Waals surface area (Å²) in [5.41, 5.74) is 5.33. The standard InChI is InChI=1S/C29H33BrN2O2/c1-4-16-31-29(34)27(18-23-8-6-5-7-9-23)32(20-24-12-14-26(30)15-13-24)28(33)19-25-11-10-21(2)22(3)17-25/h5-15,17,27H,4,16,18-20H2,1-3H3,(H,31,34)/t27-/m0/s1. The van der Waals surface area contributed by atoms with E-state index >= 15 is 0 Å². The smallest absolute Gasteiger partial charge is 0.243 e. The van der Waals surface area contributed by atoms with Crippen molar-refractivity contribution >= 4 is 27.7 Å². The van der Waals surface area contributed by atoms with Crippen molar-refractivity contribution in [1.29, 1.82) is 0 Å². The van der Waals surface area contributed by atoms with E-state index in [-0.39, 0.29) is 18.2 Å². The number of nitrogens with zero attached hydrogens (tertiary/aromatic N) is 1. The van der Waals surface area contributed by atoms with E-state index in [1.54, 1.807) is 4.90 Å². The van der Waals surface area contributed by atoms with Gasteiger partial charge in [-0.05, 0) is 60.2 Å². The van der Waals surface area contributed by atoms with Gasteiger partial charge < -0.3 is 10.2 Å². The first-order valence-electron chi connectivity index (χ1n) is 11.8. The van der Waals surface area contributed by atoms with E-state index in [0.29, 0.717) is 19.5 Å². The van der Waals surface area contributed by atoms with Crippen LogP contribution < -0.4 is 5.32 Å².